The lowest BCUT2D eigenvalue weighted by Gasteiger charge is -2.38. The molecule has 0 aromatic carbocycles. The number of hydrogen-bond donors (Lipinski definition) is 2. The van der Waals surface area contributed by atoms with Crippen molar-refractivity contribution in [2.75, 3.05) is 24.5 Å². The van der Waals surface area contributed by atoms with Gasteiger partial charge >= 0.3 is 0 Å². The highest BCUT2D eigenvalue weighted by molar-refractivity contribution is 5.83. The third-order valence-corrected chi connectivity index (χ3v) is 4.74. The van der Waals surface area contributed by atoms with Crippen LogP contribution in [0.4, 0.5) is 5.82 Å². The molecule has 21 heavy (non-hydrogen) atoms. The minimum absolute atomic E-state index is 0.140. The van der Waals surface area contributed by atoms with Gasteiger partial charge in [-0.05, 0) is 26.3 Å². The van der Waals surface area contributed by atoms with E-state index in [0.717, 1.165) is 44.7 Å². The Labute approximate surface area is 125 Å². The van der Waals surface area contributed by atoms with Gasteiger partial charge in [-0.15, -0.1) is 0 Å². The largest absolute Gasteiger partial charge is 0.354 e. The first-order valence-corrected chi connectivity index (χ1v) is 7.91. The van der Waals surface area contributed by atoms with Crippen molar-refractivity contribution in [2.45, 2.75) is 39.3 Å². The fraction of sp³-hybridized carbons (Fsp3) is 0.733. The predicted molar refractivity (Wildman–Crippen MR) is 82.2 cm³/mol. The number of piperidine rings is 1. The number of amides is 1. The lowest BCUT2D eigenvalue weighted by atomic mass is 9.91. The Hall–Kier alpha value is -1.56. The van der Waals surface area contributed by atoms with Crippen molar-refractivity contribution in [1.82, 2.24) is 20.4 Å². The highest BCUT2D eigenvalue weighted by Gasteiger charge is 2.42. The van der Waals surface area contributed by atoms with Gasteiger partial charge in [0.05, 0.1) is 17.7 Å². The van der Waals surface area contributed by atoms with Crippen molar-refractivity contribution in [3.8, 4) is 0 Å². The molecule has 6 heteroatoms. The van der Waals surface area contributed by atoms with Crippen LogP contribution >= 0.6 is 0 Å². The molecule has 3 rings (SSSR count). The fourth-order valence-electron chi connectivity index (χ4n) is 3.72. The van der Waals surface area contributed by atoms with Gasteiger partial charge in [0.15, 0.2) is 0 Å². The summed E-state index contributed by atoms with van der Waals surface area (Å²) in [6.45, 7) is 7.72. The number of anilines is 1. The second-order valence-corrected chi connectivity index (χ2v) is 6.05. The molecule has 3 heterocycles. The van der Waals surface area contributed by atoms with Crippen LogP contribution in [0.3, 0.4) is 0 Å². The molecule has 0 saturated carbocycles. The van der Waals surface area contributed by atoms with Gasteiger partial charge in [0, 0.05) is 32.2 Å². The van der Waals surface area contributed by atoms with Crippen LogP contribution in [0.2, 0.25) is 0 Å². The first kappa shape index (κ1) is 14.4. The first-order chi connectivity index (χ1) is 10.1. The summed E-state index contributed by atoms with van der Waals surface area (Å²) in [7, 11) is 2.01. The van der Waals surface area contributed by atoms with E-state index in [0.29, 0.717) is 0 Å². The molecular weight excluding hydrogens is 266 g/mol. The van der Waals surface area contributed by atoms with E-state index >= 15 is 0 Å². The van der Waals surface area contributed by atoms with E-state index in [2.05, 4.69) is 34.5 Å². The van der Waals surface area contributed by atoms with Gasteiger partial charge in [0.25, 0.3) is 0 Å². The summed E-state index contributed by atoms with van der Waals surface area (Å²) in [4.78, 5) is 14.4. The van der Waals surface area contributed by atoms with Gasteiger partial charge in [-0.3, -0.25) is 9.48 Å². The van der Waals surface area contributed by atoms with Crippen LogP contribution < -0.4 is 15.5 Å². The average molecular weight is 291 g/mol. The van der Waals surface area contributed by atoms with Crippen LogP contribution in [0.1, 0.15) is 31.0 Å². The van der Waals surface area contributed by atoms with E-state index in [1.54, 1.807) is 0 Å². The molecule has 116 valence electrons. The normalized spacial score (nSPS) is 25.1. The molecule has 2 atom stereocenters. The van der Waals surface area contributed by atoms with Crippen molar-refractivity contribution in [1.29, 1.82) is 0 Å². The van der Waals surface area contributed by atoms with Crippen LogP contribution in [0.5, 0.6) is 0 Å². The Balaban J connectivity index is 1.93. The van der Waals surface area contributed by atoms with Gasteiger partial charge in [-0.25, -0.2) is 0 Å². The number of carbonyl (C=O) groups is 1. The highest BCUT2D eigenvalue weighted by atomic mass is 16.2. The van der Waals surface area contributed by atoms with Crippen LogP contribution in [0, 0.1) is 12.8 Å². The molecule has 2 fully saturated rings. The third kappa shape index (κ3) is 2.41. The molecule has 0 bridgehead atoms. The van der Waals surface area contributed by atoms with Crippen molar-refractivity contribution in [3.05, 3.63) is 11.3 Å². The summed E-state index contributed by atoms with van der Waals surface area (Å²) in [5.41, 5.74) is 2.34. The zero-order valence-electron chi connectivity index (χ0n) is 13.1. The number of fused-ring (bicyclic) bond motifs is 1. The SMILES string of the molecule is CCNCc1c(C)nn(C)c1N1CCCC2C(=O)NCC21. The zero-order valence-corrected chi connectivity index (χ0v) is 13.1. The van der Waals surface area contributed by atoms with Crippen molar-refractivity contribution in [3.63, 3.8) is 0 Å². The fourth-order valence-corrected chi connectivity index (χ4v) is 3.72. The van der Waals surface area contributed by atoms with Crippen LogP contribution in [0.15, 0.2) is 0 Å². The second kappa shape index (κ2) is 5.67. The molecular formula is C15H25N5O. The molecule has 2 unspecified atom stereocenters. The molecule has 2 N–H and O–H groups in total. The number of carbonyl (C=O) groups excluding carboxylic acids is 1. The number of hydrogen-bond acceptors (Lipinski definition) is 4. The molecule has 0 radical (unpaired) electrons. The maximum Gasteiger partial charge on any atom is 0.225 e. The summed E-state index contributed by atoms with van der Waals surface area (Å²) in [6, 6.07) is 0.279. The van der Waals surface area contributed by atoms with E-state index in [-0.39, 0.29) is 17.9 Å². The minimum atomic E-state index is 0.140. The number of nitrogens with zero attached hydrogens (tertiary/aromatic N) is 3. The zero-order chi connectivity index (χ0) is 15.0. The van der Waals surface area contributed by atoms with E-state index in [1.165, 1.54) is 11.4 Å². The Morgan fingerprint density at radius 2 is 2.29 bits per heavy atom. The molecule has 0 spiro atoms. The Morgan fingerprint density at radius 1 is 1.48 bits per heavy atom. The number of aryl methyl sites for hydroxylation is 2. The third-order valence-electron chi connectivity index (χ3n) is 4.74. The van der Waals surface area contributed by atoms with Crippen LogP contribution in [-0.4, -0.2) is 41.4 Å². The van der Waals surface area contributed by atoms with Gasteiger partial charge in [-0.2, -0.15) is 5.10 Å². The highest BCUT2D eigenvalue weighted by Crippen LogP contribution is 2.34. The molecule has 2 aliphatic rings. The predicted octanol–water partition coefficient (Wildman–Crippen LogP) is 0.553. The summed E-state index contributed by atoms with van der Waals surface area (Å²) < 4.78 is 1.98. The topological polar surface area (TPSA) is 62.2 Å². The van der Waals surface area contributed by atoms with E-state index in [1.807, 2.05) is 11.7 Å². The van der Waals surface area contributed by atoms with Crippen LogP contribution in [-0.2, 0) is 18.4 Å². The number of rotatable bonds is 4. The number of aromatic nitrogens is 2. The Morgan fingerprint density at radius 3 is 3.05 bits per heavy atom. The smallest absolute Gasteiger partial charge is 0.225 e. The summed E-state index contributed by atoms with van der Waals surface area (Å²) >= 11 is 0. The maximum absolute atomic E-state index is 12.0. The molecule has 0 aliphatic carbocycles. The lowest BCUT2D eigenvalue weighted by molar-refractivity contribution is -0.123. The maximum atomic E-state index is 12.0. The molecule has 1 amide bonds. The molecule has 1 aromatic rings. The number of nitrogens with one attached hydrogen (secondary N) is 2. The summed E-state index contributed by atoms with van der Waals surface area (Å²) in [6.07, 6.45) is 2.08. The van der Waals surface area contributed by atoms with Crippen LogP contribution in [0.25, 0.3) is 0 Å². The van der Waals surface area contributed by atoms with E-state index in [9.17, 15) is 4.79 Å². The van der Waals surface area contributed by atoms with Crippen molar-refractivity contribution in [2.24, 2.45) is 13.0 Å². The van der Waals surface area contributed by atoms with E-state index < -0.39 is 0 Å². The second-order valence-electron chi connectivity index (χ2n) is 6.05. The summed E-state index contributed by atoms with van der Waals surface area (Å²) in [5, 5.41) is 11.0. The Kier molecular flexibility index (Phi) is 3.89. The Bertz CT molecular complexity index is 538. The molecule has 2 saturated heterocycles. The first-order valence-electron chi connectivity index (χ1n) is 7.91. The van der Waals surface area contributed by atoms with Crippen molar-refractivity contribution >= 4 is 11.7 Å². The quantitative estimate of drug-likeness (QED) is 0.850. The van der Waals surface area contributed by atoms with Gasteiger partial charge in [0.2, 0.25) is 5.91 Å². The van der Waals surface area contributed by atoms with Crippen molar-refractivity contribution < 1.29 is 4.79 Å². The van der Waals surface area contributed by atoms with E-state index in [4.69, 9.17) is 0 Å². The molecule has 2 aliphatic heterocycles. The van der Waals surface area contributed by atoms with Gasteiger partial charge in [0.1, 0.15) is 5.82 Å². The lowest BCUT2D eigenvalue weighted by Crippen LogP contribution is -2.47. The molecule has 6 nitrogen and oxygen atoms in total. The van der Waals surface area contributed by atoms with Gasteiger partial charge < -0.3 is 15.5 Å². The minimum Gasteiger partial charge on any atom is -0.354 e. The average Bonchev–Trinajstić information content (AvgIpc) is 2.97. The summed E-state index contributed by atoms with van der Waals surface area (Å²) in [5.74, 6) is 1.54. The standard InChI is InChI=1S/C15H25N5O/c1-4-16-8-12-10(2)18-19(3)15(12)20-7-5-6-11-13(20)9-17-14(11)21/h11,13,16H,4-9H2,1-3H3,(H,17,21). The molecule has 1 aromatic heterocycles. The van der Waals surface area contributed by atoms with Gasteiger partial charge in [-0.1, -0.05) is 6.92 Å². The monoisotopic (exact) mass is 291 g/mol.